The summed E-state index contributed by atoms with van der Waals surface area (Å²) in [6, 6.07) is 2.49. The van der Waals surface area contributed by atoms with Gasteiger partial charge in [0.25, 0.3) is 0 Å². The Morgan fingerprint density at radius 3 is 2.64 bits per heavy atom. The lowest BCUT2D eigenvalue weighted by Gasteiger charge is -2.31. The predicted octanol–water partition coefficient (Wildman–Crippen LogP) is 0.789. The number of hydrogen-bond acceptors (Lipinski definition) is 0. The first-order valence-electron chi connectivity index (χ1n) is 4.99. The van der Waals surface area contributed by atoms with Gasteiger partial charge in [-0.05, 0) is 6.42 Å². The van der Waals surface area contributed by atoms with E-state index in [9.17, 15) is 0 Å². The van der Waals surface area contributed by atoms with E-state index in [1.807, 2.05) is 0 Å². The molecule has 0 spiro atoms. The first kappa shape index (κ1) is 9.27. The summed E-state index contributed by atoms with van der Waals surface area (Å²) in [4.78, 5) is 0. The fourth-order valence-corrected chi connectivity index (χ4v) is 2.61. The molecule has 0 amide bonds. The fraction of sp³-hybridized carbons (Fsp3) is 1.00. The van der Waals surface area contributed by atoms with Gasteiger partial charge < -0.3 is 4.48 Å². The molecule has 1 rings (SSSR count). The van der Waals surface area contributed by atoms with E-state index in [4.69, 9.17) is 0 Å². The molecular weight excluding hydrogens is 150 g/mol. The standard InChI is InChI=1S/C9H22NSi/c1-10(2)7-3-5-9(10)6-4-8-11/h9H,3-8H2,1-2,11H3/q+1. The molecule has 66 valence electrons. The van der Waals surface area contributed by atoms with E-state index in [0.29, 0.717) is 0 Å². The molecular formula is C9H22NSi+. The zero-order valence-electron chi connectivity index (χ0n) is 8.27. The van der Waals surface area contributed by atoms with Crippen LogP contribution in [0.25, 0.3) is 0 Å². The maximum Gasteiger partial charge on any atom is 0.0888 e. The summed E-state index contributed by atoms with van der Waals surface area (Å²) >= 11 is 0. The van der Waals surface area contributed by atoms with Crippen molar-refractivity contribution in [1.29, 1.82) is 0 Å². The second-order valence-electron chi connectivity index (χ2n) is 4.44. The third-order valence-electron chi connectivity index (χ3n) is 3.15. The van der Waals surface area contributed by atoms with Crippen molar-refractivity contribution in [3.8, 4) is 0 Å². The molecule has 0 aromatic carbocycles. The van der Waals surface area contributed by atoms with E-state index < -0.39 is 0 Å². The number of rotatable bonds is 3. The quantitative estimate of drug-likeness (QED) is 0.436. The van der Waals surface area contributed by atoms with Crippen molar-refractivity contribution < 1.29 is 4.48 Å². The number of quaternary nitrogens is 1. The van der Waals surface area contributed by atoms with E-state index in [1.165, 1.54) is 53.0 Å². The van der Waals surface area contributed by atoms with Crippen LogP contribution in [0.4, 0.5) is 0 Å². The average molecular weight is 172 g/mol. The van der Waals surface area contributed by atoms with Crippen LogP contribution >= 0.6 is 0 Å². The molecule has 1 nitrogen and oxygen atoms in total. The molecule has 11 heavy (non-hydrogen) atoms. The first-order chi connectivity index (χ1) is 5.17. The zero-order chi connectivity index (χ0) is 8.32. The summed E-state index contributed by atoms with van der Waals surface area (Å²) in [6.45, 7) is 1.41. The molecule has 2 heteroatoms. The molecule has 1 atom stereocenters. The molecule has 1 aliphatic rings. The first-order valence-corrected chi connectivity index (χ1v) is 6.41. The van der Waals surface area contributed by atoms with E-state index in [-0.39, 0.29) is 0 Å². The highest BCUT2D eigenvalue weighted by molar-refractivity contribution is 6.08. The van der Waals surface area contributed by atoms with Crippen molar-refractivity contribution >= 4 is 10.2 Å². The van der Waals surface area contributed by atoms with Crippen LogP contribution in [0.1, 0.15) is 25.7 Å². The summed E-state index contributed by atoms with van der Waals surface area (Å²) in [5, 5.41) is 0. The van der Waals surface area contributed by atoms with E-state index in [1.54, 1.807) is 0 Å². The van der Waals surface area contributed by atoms with E-state index in [2.05, 4.69) is 14.1 Å². The van der Waals surface area contributed by atoms with Gasteiger partial charge in [0, 0.05) is 23.1 Å². The van der Waals surface area contributed by atoms with Gasteiger partial charge in [0.15, 0.2) is 0 Å². The van der Waals surface area contributed by atoms with Crippen LogP contribution < -0.4 is 0 Å². The smallest absolute Gasteiger partial charge is 0.0888 e. The minimum Gasteiger partial charge on any atom is -0.326 e. The van der Waals surface area contributed by atoms with Crippen LogP contribution in [0.5, 0.6) is 0 Å². The normalized spacial score (nSPS) is 29.5. The van der Waals surface area contributed by atoms with Crippen molar-refractivity contribution in [1.82, 2.24) is 0 Å². The molecule has 0 aliphatic carbocycles. The molecule has 0 saturated carbocycles. The van der Waals surface area contributed by atoms with Crippen LogP contribution in [-0.4, -0.2) is 41.4 Å². The van der Waals surface area contributed by atoms with Crippen LogP contribution in [0.2, 0.25) is 6.04 Å². The van der Waals surface area contributed by atoms with Gasteiger partial charge in [-0.2, -0.15) is 0 Å². The third kappa shape index (κ3) is 2.31. The molecule has 1 aliphatic heterocycles. The SMILES string of the molecule is C[N+]1(C)CCCC1CCC[SiH3]. The number of hydrogen-bond donors (Lipinski definition) is 0. The fourth-order valence-electron chi connectivity index (χ4n) is 2.20. The maximum absolute atomic E-state index is 2.39. The highest BCUT2D eigenvalue weighted by Gasteiger charge is 2.32. The molecule has 1 fully saturated rings. The second kappa shape index (κ2) is 3.72. The van der Waals surface area contributed by atoms with Gasteiger partial charge in [0.2, 0.25) is 0 Å². The molecule has 1 heterocycles. The Balaban J connectivity index is 2.32. The zero-order valence-corrected chi connectivity index (χ0v) is 10.3. The van der Waals surface area contributed by atoms with Gasteiger partial charge >= 0.3 is 0 Å². The van der Waals surface area contributed by atoms with E-state index >= 15 is 0 Å². The molecule has 1 unspecified atom stereocenters. The lowest BCUT2D eigenvalue weighted by atomic mass is 10.1. The monoisotopic (exact) mass is 172 g/mol. The second-order valence-corrected chi connectivity index (χ2v) is 5.44. The molecule has 0 radical (unpaired) electrons. The van der Waals surface area contributed by atoms with E-state index in [0.717, 1.165) is 6.04 Å². The van der Waals surface area contributed by atoms with Crippen molar-refractivity contribution in [3.63, 3.8) is 0 Å². The Labute approximate surface area is 73.8 Å². The lowest BCUT2D eigenvalue weighted by molar-refractivity contribution is -0.902. The molecule has 0 aromatic rings. The largest absolute Gasteiger partial charge is 0.326 e. The van der Waals surface area contributed by atoms with Gasteiger partial charge in [0.05, 0.1) is 26.7 Å². The minimum atomic E-state index is 0.990. The Kier molecular flexibility index (Phi) is 3.13. The Morgan fingerprint density at radius 1 is 1.45 bits per heavy atom. The topological polar surface area (TPSA) is 0 Å². The van der Waals surface area contributed by atoms with Crippen molar-refractivity contribution in [2.45, 2.75) is 37.8 Å². The van der Waals surface area contributed by atoms with Crippen LogP contribution in [-0.2, 0) is 0 Å². The minimum absolute atomic E-state index is 0.990. The van der Waals surface area contributed by atoms with Gasteiger partial charge in [0.1, 0.15) is 0 Å². The molecule has 1 saturated heterocycles. The molecule has 0 bridgehead atoms. The summed E-state index contributed by atoms with van der Waals surface area (Å²) in [5.41, 5.74) is 0. The Bertz CT molecular complexity index is 123. The third-order valence-corrected chi connectivity index (χ3v) is 3.86. The lowest BCUT2D eigenvalue weighted by Crippen LogP contribution is -2.43. The Hall–Kier alpha value is 0.177. The summed E-state index contributed by atoms with van der Waals surface area (Å²) in [5.74, 6) is 0. The van der Waals surface area contributed by atoms with Gasteiger partial charge in [-0.1, -0.05) is 12.5 Å². The Morgan fingerprint density at radius 2 is 2.18 bits per heavy atom. The predicted molar refractivity (Wildman–Crippen MR) is 54.0 cm³/mol. The summed E-state index contributed by atoms with van der Waals surface area (Å²) in [6.07, 6.45) is 5.91. The van der Waals surface area contributed by atoms with Crippen LogP contribution in [0.3, 0.4) is 0 Å². The average Bonchev–Trinajstić information content (AvgIpc) is 2.25. The van der Waals surface area contributed by atoms with Crippen molar-refractivity contribution in [3.05, 3.63) is 0 Å². The van der Waals surface area contributed by atoms with Crippen molar-refractivity contribution in [2.24, 2.45) is 0 Å². The molecule has 0 aromatic heterocycles. The summed E-state index contributed by atoms with van der Waals surface area (Å²) < 4.78 is 1.29. The number of nitrogens with zero attached hydrogens (tertiary/aromatic N) is 1. The van der Waals surface area contributed by atoms with Crippen LogP contribution in [0.15, 0.2) is 0 Å². The summed E-state index contributed by atoms with van der Waals surface area (Å²) in [7, 11) is 6.18. The highest BCUT2D eigenvalue weighted by atomic mass is 28.1. The number of likely N-dealkylation sites (tertiary alicyclic amines) is 1. The molecule has 0 N–H and O–H groups in total. The van der Waals surface area contributed by atoms with Gasteiger partial charge in [-0.15, -0.1) is 0 Å². The van der Waals surface area contributed by atoms with Gasteiger partial charge in [-0.3, -0.25) is 0 Å². The van der Waals surface area contributed by atoms with Crippen LogP contribution in [0, 0.1) is 0 Å². The maximum atomic E-state index is 2.39. The van der Waals surface area contributed by atoms with Gasteiger partial charge in [-0.25, -0.2) is 0 Å². The highest BCUT2D eigenvalue weighted by Crippen LogP contribution is 2.25. The van der Waals surface area contributed by atoms with Crippen molar-refractivity contribution in [2.75, 3.05) is 20.6 Å².